The van der Waals surface area contributed by atoms with Crippen LogP contribution in [0.3, 0.4) is 0 Å². The first-order chi connectivity index (χ1) is 12.6. The molecule has 2 nitrogen and oxygen atoms in total. The van der Waals surface area contributed by atoms with Gasteiger partial charge in [0.05, 0.1) is 6.04 Å². The van der Waals surface area contributed by atoms with Crippen molar-refractivity contribution in [2.75, 3.05) is 6.54 Å². The lowest BCUT2D eigenvalue weighted by Gasteiger charge is -2.38. The van der Waals surface area contributed by atoms with E-state index in [1.165, 1.54) is 22.4 Å². The fraction of sp³-hybridized carbons (Fsp3) is 0.417. The van der Waals surface area contributed by atoms with Crippen LogP contribution in [0.1, 0.15) is 51.3 Å². The molecular formula is C24H30N2. The first-order valence-corrected chi connectivity index (χ1v) is 9.73. The summed E-state index contributed by atoms with van der Waals surface area (Å²) in [5, 5.41) is 3.53. The van der Waals surface area contributed by atoms with Crippen LogP contribution in [0.5, 0.6) is 0 Å². The Balaban J connectivity index is 2.02. The van der Waals surface area contributed by atoms with E-state index in [1.54, 1.807) is 0 Å². The summed E-state index contributed by atoms with van der Waals surface area (Å²) in [7, 11) is 0. The Hall–Kier alpha value is -2.40. The minimum atomic E-state index is 0.226. The van der Waals surface area contributed by atoms with Gasteiger partial charge in [-0.15, -0.1) is 0 Å². The molecule has 136 valence electrons. The SMILES string of the molecule is CCc1ccc(C(C2=C/CC#CC(C)/C=C\2)N2C=C(C)NC(C)C2)cc1. The summed E-state index contributed by atoms with van der Waals surface area (Å²) < 4.78 is 0. The maximum absolute atomic E-state index is 3.53. The Morgan fingerprint density at radius 2 is 2.00 bits per heavy atom. The van der Waals surface area contributed by atoms with Gasteiger partial charge in [0, 0.05) is 36.8 Å². The number of aryl methyl sites for hydroxylation is 1. The molecule has 1 aliphatic carbocycles. The zero-order valence-electron chi connectivity index (χ0n) is 16.4. The molecule has 0 saturated carbocycles. The van der Waals surface area contributed by atoms with Crippen LogP contribution in [0, 0.1) is 17.8 Å². The molecule has 0 fully saturated rings. The fourth-order valence-corrected chi connectivity index (χ4v) is 3.74. The second-order valence-electron chi connectivity index (χ2n) is 7.43. The van der Waals surface area contributed by atoms with Crippen LogP contribution >= 0.6 is 0 Å². The monoisotopic (exact) mass is 346 g/mol. The normalized spacial score (nSPS) is 26.8. The van der Waals surface area contributed by atoms with Gasteiger partial charge in [0.1, 0.15) is 0 Å². The average Bonchev–Trinajstić information content (AvgIpc) is 2.60. The predicted octanol–water partition coefficient (Wildman–Crippen LogP) is 4.97. The van der Waals surface area contributed by atoms with E-state index in [2.05, 4.69) is 98.4 Å². The molecular weight excluding hydrogens is 316 g/mol. The molecule has 0 spiro atoms. The molecule has 0 bridgehead atoms. The molecule has 26 heavy (non-hydrogen) atoms. The van der Waals surface area contributed by atoms with E-state index >= 15 is 0 Å². The van der Waals surface area contributed by atoms with Gasteiger partial charge in [-0.1, -0.05) is 61.3 Å². The van der Waals surface area contributed by atoms with Gasteiger partial charge in [0.15, 0.2) is 0 Å². The molecule has 0 radical (unpaired) electrons. The van der Waals surface area contributed by atoms with Gasteiger partial charge in [-0.25, -0.2) is 0 Å². The van der Waals surface area contributed by atoms with Crippen molar-refractivity contribution in [1.82, 2.24) is 10.2 Å². The van der Waals surface area contributed by atoms with E-state index < -0.39 is 0 Å². The van der Waals surface area contributed by atoms with Crippen molar-refractivity contribution in [3.63, 3.8) is 0 Å². The van der Waals surface area contributed by atoms with Crippen LogP contribution in [0.15, 0.2) is 60.0 Å². The Morgan fingerprint density at radius 3 is 2.69 bits per heavy atom. The first kappa shape index (κ1) is 18.4. The molecule has 0 saturated heterocycles. The van der Waals surface area contributed by atoms with Crippen LogP contribution in [-0.4, -0.2) is 17.5 Å². The maximum Gasteiger partial charge on any atom is 0.0789 e. The average molecular weight is 347 g/mol. The third-order valence-electron chi connectivity index (χ3n) is 5.02. The highest BCUT2D eigenvalue weighted by Crippen LogP contribution is 2.33. The standard InChI is InChI=1S/C24H30N2/c1-5-21-11-14-23(15-12-21)24(26-16-19(3)25-20(4)17-26)22-9-7-6-8-18(2)10-13-22/h9-16,18,20,24-25H,5,7,17H2,1-4H3/b13-10-,22-9+. The Bertz CT molecular complexity index is 771. The van der Waals surface area contributed by atoms with Crippen molar-refractivity contribution in [3.05, 3.63) is 71.1 Å². The summed E-state index contributed by atoms with van der Waals surface area (Å²) >= 11 is 0. The van der Waals surface area contributed by atoms with E-state index in [9.17, 15) is 0 Å². The van der Waals surface area contributed by atoms with E-state index in [0.29, 0.717) is 12.0 Å². The van der Waals surface area contributed by atoms with Crippen LogP contribution in [0.4, 0.5) is 0 Å². The zero-order valence-corrected chi connectivity index (χ0v) is 16.4. The Kier molecular flexibility index (Phi) is 5.89. The third-order valence-corrected chi connectivity index (χ3v) is 5.02. The summed E-state index contributed by atoms with van der Waals surface area (Å²) in [6.07, 6.45) is 11.0. The number of hydrogen-bond acceptors (Lipinski definition) is 2. The molecule has 3 atom stereocenters. The largest absolute Gasteiger partial charge is 0.383 e. The number of benzene rings is 1. The summed E-state index contributed by atoms with van der Waals surface area (Å²) in [5.74, 6) is 6.87. The summed E-state index contributed by atoms with van der Waals surface area (Å²) in [6.45, 7) is 9.75. The van der Waals surface area contributed by atoms with Crippen LogP contribution in [0.25, 0.3) is 0 Å². The van der Waals surface area contributed by atoms with Crippen LogP contribution in [0.2, 0.25) is 0 Å². The van der Waals surface area contributed by atoms with Gasteiger partial charge in [0.25, 0.3) is 0 Å². The van der Waals surface area contributed by atoms with E-state index in [-0.39, 0.29) is 6.04 Å². The van der Waals surface area contributed by atoms with Gasteiger partial charge in [0.2, 0.25) is 0 Å². The topological polar surface area (TPSA) is 15.3 Å². The molecule has 3 rings (SSSR count). The lowest BCUT2D eigenvalue weighted by atomic mass is 9.92. The highest BCUT2D eigenvalue weighted by atomic mass is 15.2. The number of hydrogen-bond donors (Lipinski definition) is 1. The summed E-state index contributed by atoms with van der Waals surface area (Å²) in [6, 6.07) is 9.78. The molecule has 2 heteroatoms. The van der Waals surface area contributed by atoms with Crippen molar-refractivity contribution >= 4 is 0 Å². The lowest BCUT2D eigenvalue weighted by Crippen LogP contribution is -2.43. The van der Waals surface area contributed by atoms with Gasteiger partial charge < -0.3 is 10.2 Å². The number of nitrogens with one attached hydrogen (secondary N) is 1. The quantitative estimate of drug-likeness (QED) is 0.774. The molecule has 0 amide bonds. The van der Waals surface area contributed by atoms with Crippen LogP contribution < -0.4 is 5.32 Å². The second kappa shape index (κ2) is 8.32. The van der Waals surface area contributed by atoms with E-state index in [1.807, 2.05) is 0 Å². The van der Waals surface area contributed by atoms with Gasteiger partial charge in [-0.3, -0.25) is 0 Å². The number of rotatable bonds is 4. The Labute approximate surface area is 158 Å². The van der Waals surface area contributed by atoms with Crippen molar-refractivity contribution in [3.8, 4) is 11.8 Å². The third kappa shape index (κ3) is 4.41. The van der Waals surface area contributed by atoms with Crippen molar-refractivity contribution in [2.45, 2.75) is 52.6 Å². The zero-order chi connectivity index (χ0) is 18.5. The molecule has 3 unspecified atom stereocenters. The van der Waals surface area contributed by atoms with Gasteiger partial charge >= 0.3 is 0 Å². The first-order valence-electron chi connectivity index (χ1n) is 9.73. The lowest BCUT2D eigenvalue weighted by molar-refractivity contribution is 0.265. The summed E-state index contributed by atoms with van der Waals surface area (Å²) in [5.41, 5.74) is 5.29. The molecule has 0 aromatic heterocycles. The van der Waals surface area contributed by atoms with E-state index in [0.717, 1.165) is 19.4 Å². The maximum atomic E-state index is 3.53. The van der Waals surface area contributed by atoms with Gasteiger partial charge in [-0.2, -0.15) is 0 Å². The molecule has 1 aromatic rings. The molecule has 1 aromatic carbocycles. The van der Waals surface area contributed by atoms with Crippen molar-refractivity contribution in [2.24, 2.45) is 5.92 Å². The van der Waals surface area contributed by atoms with Crippen molar-refractivity contribution < 1.29 is 0 Å². The molecule has 2 aliphatic rings. The smallest absolute Gasteiger partial charge is 0.0789 e. The van der Waals surface area contributed by atoms with Crippen LogP contribution in [-0.2, 0) is 6.42 Å². The molecule has 1 heterocycles. The minimum absolute atomic E-state index is 0.226. The number of nitrogens with zero attached hydrogens (tertiary/aromatic N) is 1. The minimum Gasteiger partial charge on any atom is -0.383 e. The predicted molar refractivity (Wildman–Crippen MR) is 110 cm³/mol. The summed E-state index contributed by atoms with van der Waals surface area (Å²) in [4.78, 5) is 2.48. The second-order valence-corrected chi connectivity index (χ2v) is 7.43. The fourth-order valence-electron chi connectivity index (χ4n) is 3.74. The highest BCUT2D eigenvalue weighted by molar-refractivity contribution is 5.39. The number of allylic oxidation sites excluding steroid dienone is 3. The Morgan fingerprint density at radius 1 is 1.23 bits per heavy atom. The molecule has 1 N–H and O–H groups in total. The van der Waals surface area contributed by atoms with E-state index in [4.69, 9.17) is 0 Å². The molecule has 1 aliphatic heterocycles. The van der Waals surface area contributed by atoms with Gasteiger partial charge in [-0.05, 0) is 43.9 Å². The highest BCUT2D eigenvalue weighted by Gasteiger charge is 2.25. The van der Waals surface area contributed by atoms with Crippen molar-refractivity contribution in [1.29, 1.82) is 0 Å².